The maximum absolute atomic E-state index is 12.1. The van der Waals surface area contributed by atoms with E-state index in [1.807, 2.05) is 12.1 Å². The van der Waals surface area contributed by atoms with E-state index in [1.165, 1.54) is 0 Å². The average Bonchev–Trinajstić information content (AvgIpc) is 2.98. The van der Waals surface area contributed by atoms with Crippen molar-refractivity contribution in [1.29, 1.82) is 0 Å². The smallest absolute Gasteiger partial charge is 0.290 e. The van der Waals surface area contributed by atoms with Crippen LogP contribution in [0.25, 0.3) is 11.3 Å². The first-order chi connectivity index (χ1) is 10.2. The van der Waals surface area contributed by atoms with Crippen molar-refractivity contribution in [3.8, 4) is 11.3 Å². The topological polar surface area (TPSA) is 67.2 Å². The zero-order valence-corrected chi connectivity index (χ0v) is 12.2. The van der Waals surface area contributed by atoms with Gasteiger partial charge in [0, 0.05) is 22.7 Å². The second-order valence-electron chi connectivity index (χ2n) is 5.08. The molecule has 0 unspecified atom stereocenters. The van der Waals surface area contributed by atoms with Crippen LogP contribution in [0.1, 0.15) is 23.4 Å². The van der Waals surface area contributed by atoms with Crippen LogP contribution in [-0.4, -0.2) is 30.2 Å². The van der Waals surface area contributed by atoms with Gasteiger partial charge in [0.15, 0.2) is 0 Å². The Kier molecular flexibility index (Phi) is 4.22. The van der Waals surface area contributed by atoms with E-state index < -0.39 is 0 Å². The van der Waals surface area contributed by atoms with E-state index in [0.717, 1.165) is 31.5 Å². The molecule has 1 aromatic heterocycles. The lowest BCUT2D eigenvalue weighted by molar-refractivity contribution is 0.0892. The molecule has 1 aromatic carbocycles. The number of piperidine rings is 1. The van der Waals surface area contributed by atoms with Gasteiger partial charge in [0.25, 0.3) is 5.91 Å². The fourth-order valence-electron chi connectivity index (χ4n) is 2.39. The Bertz CT molecular complexity index is 635. The van der Waals surface area contributed by atoms with E-state index in [0.29, 0.717) is 10.7 Å². The molecule has 0 saturated carbocycles. The minimum atomic E-state index is -0.220. The number of rotatable bonds is 3. The monoisotopic (exact) mass is 305 g/mol. The molecular weight excluding hydrogens is 290 g/mol. The maximum atomic E-state index is 12.1. The zero-order chi connectivity index (χ0) is 14.7. The molecule has 0 bridgehead atoms. The molecule has 2 heterocycles. The third kappa shape index (κ3) is 3.43. The molecular formula is C15H16ClN3O2. The molecule has 0 spiro atoms. The Hall–Kier alpha value is -1.85. The largest absolute Gasteiger partial charge is 0.350 e. The van der Waals surface area contributed by atoms with E-state index >= 15 is 0 Å². The molecule has 0 atom stereocenters. The fourth-order valence-corrected chi connectivity index (χ4v) is 2.58. The summed E-state index contributed by atoms with van der Waals surface area (Å²) in [6.07, 6.45) is 1.86. The normalized spacial score (nSPS) is 15.9. The summed E-state index contributed by atoms with van der Waals surface area (Å²) in [6.45, 7) is 1.85. The SMILES string of the molecule is O=C(NC1CCNCC1)c1cc(-c2cccc(Cl)c2)no1. The van der Waals surface area contributed by atoms with E-state index in [1.54, 1.807) is 18.2 Å². The first kappa shape index (κ1) is 14.1. The highest BCUT2D eigenvalue weighted by atomic mass is 35.5. The Labute approximate surface area is 127 Å². The van der Waals surface area contributed by atoms with Gasteiger partial charge in [-0.25, -0.2) is 0 Å². The van der Waals surface area contributed by atoms with Gasteiger partial charge in [0.05, 0.1) is 0 Å². The van der Waals surface area contributed by atoms with Gasteiger partial charge in [-0.2, -0.15) is 0 Å². The third-order valence-corrected chi connectivity index (χ3v) is 3.76. The molecule has 1 amide bonds. The molecule has 21 heavy (non-hydrogen) atoms. The number of carbonyl (C=O) groups excluding carboxylic acids is 1. The summed E-state index contributed by atoms with van der Waals surface area (Å²) in [5, 5.41) is 10.8. The number of benzene rings is 1. The summed E-state index contributed by atoms with van der Waals surface area (Å²) in [4.78, 5) is 12.1. The summed E-state index contributed by atoms with van der Waals surface area (Å²) in [6, 6.07) is 9.11. The Balaban J connectivity index is 1.70. The van der Waals surface area contributed by atoms with Crippen LogP contribution in [0.5, 0.6) is 0 Å². The molecule has 2 N–H and O–H groups in total. The number of aromatic nitrogens is 1. The van der Waals surface area contributed by atoms with Crippen molar-refractivity contribution >= 4 is 17.5 Å². The van der Waals surface area contributed by atoms with Crippen molar-refractivity contribution in [2.24, 2.45) is 0 Å². The Morgan fingerprint density at radius 2 is 2.14 bits per heavy atom. The van der Waals surface area contributed by atoms with Gasteiger partial charge in [-0.3, -0.25) is 4.79 Å². The minimum absolute atomic E-state index is 0.193. The number of carbonyl (C=O) groups is 1. The number of nitrogens with zero attached hydrogens (tertiary/aromatic N) is 1. The Morgan fingerprint density at radius 1 is 1.33 bits per heavy atom. The first-order valence-electron chi connectivity index (χ1n) is 6.96. The zero-order valence-electron chi connectivity index (χ0n) is 11.4. The van der Waals surface area contributed by atoms with Crippen molar-refractivity contribution in [3.05, 3.63) is 41.1 Å². The molecule has 5 nitrogen and oxygen atoms in total. The van der Waals surface area contributed by atoms with Gasteiger partial charge in [-0.05, 0) is 38.1 Å². The molecule has 1 aliphatic heterocycles. The van der Waals surface area contributed by atoms with Crippen molar-refractivity contribution in [2.45, 2.75) is 18.9 Å². The summed E-state index contributed by atoms with van der Waals surface area (Å²) < 4.78 is 5.14. The molecule has 2 aromatic rings. The van der Waals surface area contributed by atoms with Gasteiger partial charge < -0.3 is 15.2 Å². The van der Waals surface area contributed by atoms with Crippen molar-refractivity contribution in [3.63, 3.8) is 0 Å². The molecule has 0 aliphatic carbocycles. The van der Waals surface area contributed by atoms with Crippen LogP contribution >= 0.6 is 11.6 Å². The number of nitrogens with one attached hydrogen (secondary N) is 2. The van der Waals surface area contributed by atoms with Crippen molar-refractivity contribution in [2.75, 3.05) is 13.1 Å². The van der Waals surface area contributed by atoms with Gasteiger partial charge in [-0.15, -0.1) is 0 Å². The first-order valence-corrected chi connectivity index (χ1v) is 7.34. The highest BCUT2D eigenvalue weighted by Crippen LogP contribution is 2.22. The third-order valence-electron chi connectivity index (χ3n) is 3.53. The van der Waals surface area contributed by atoms with Crippen LogP contribution in [0.2, 0.25) is 5.02 Å². The average molecular weight is 306 g/mol. The summed E-state index contributed by atoms with van der Waals surface area (Å²) >= 11 is 5.95. The minimum Gasteiger partial charge on any atom is -0.350 e. The fraction of sp³-hybridized carbons (Fsp3) is 0.333. The summed E-state index contributed by atoms with van der Waals surface area (Å²) in [5.74, 6) is 0.00573. The molecule has 1 saturated heterocycles. The Morgan fingerprint density at radius 3 is 2.90 bits per heavy atom. The van der Waals surface area contributed by atoms with Gasteiger partial charge in [0.1, 0.15) is 5.69 Å². The van der Waals surface area contributed by atoms with Gasteiger partial charge in [0.2, 0.25) is 5.76 Å². The van der Waals surface area contributed by atoms with Crippen LogP contribution in [0.15, 0.2) is 34.9 Å². The number of hydrogen-bond donors (Lipinski definition) is 2. The number of amides is 1. The van der Waals surface area contributed by atoms with Crippen LogP contribution < -0.4 is 10.6 Å². The van der Waals surface area contributed by atoms with Crippen molar-refractivity contribution in [1.82, 2.24) is 15.8 Å². The van der Waals surface area contributed by atoms with Gasteiger partial charge in [-0.1, -0.05) is 28.9 Å². The molecule has 0 radical (unpaired) electrons. The van der Waals surface area contributed by atoms with E-state index in [2.05, 4.69) is 15.8 Å². The maximum Gasteiger partial charge on any atom is 0.290 e. The molecule has 1 aliphatic rings. The highest BCUT2D eigenvalue weighted by molar-refractivity contribution is 6.30. The summed E-state index contributed by atoms with van der Waals surface area (Å²) in [5.41, 5.74) is 1.43. The molecule has 110 valence electrons. The van der Waals surface area contributed by atoms with Crippen LogP contribution in [-0.2, 0) is 0 Å². The lowest BCUT2D eigenvalue weighted by atomic mass is 10.1. The van der Waals surface area contributed by atoms with E-state index in [9.17, 15) is 4.79 Å². The van der Waals surface area contributed by atoms with Crippen LogP contribution in [0.3, 0.4) is 0 Å². The standard InChI is InChI=1S/C15H16ClN3O2/c16-11-3-1-2-10(8-11)13-9-14(21-19-13)15(20)18-12-4-6-17-7-5-12/h1-3,8-9,12,17H,4-7H2,(H,18,20). The highest BCUT2D eigenvalue weighted by Gasteiger charge is 2.19. The summed E-state index contributed by atoms with van der Waals surface area (Å²) in [7, 11) is 0. The van der Waals surface area contributed by atoms with Crippen molar-refractivity contribution < 1.29 is 9.32 Å². The number of hydrogen-bond acceptors (Lipinski definition) is 4. The molecule has 1 fully saturated rings. The quantitative estimate of drug-likeness (QED) is 0.914. The second kappa shape index (κ2) is 6.28. The van der Waals surface area contributed by atoms with Gasteiger partial charge >= 0.3 is 0 Å². The van der Waals surface area contributed by atoms with Crippen LogP contribution in [0, 0.1) is 0 Å². The lowest BCUT2D eigenvalue weighted by Gasteiger charge is -2.22. The van der Waals surface area contributed by atoms with E-state index in [-0.39, 0.29) is 17.7 Å². The molecule has 6 heteroatoms. The molecule has 3 rings (SSSR count). The predicted octanol–water partition coefficient (Wildman–Crippen LogP) is 2.48. The predicted molar refractivity (Wildman–Crippen MR) is 80.3 cm³/mol. The van der Waals surface area contributed by atoms with Crippen LogP contribution in [0.4, 0.5) is 0 Å². The second-order valence-corrected chi connectivity index (χ2v) is 5.52. The lowest BCUT2D eigenvalue weighted by Crippen LogP contribution is -2.42. The van der Waals surface area contributed by atoms with E-state index in [4.69, 9.17) is 16.1 Å². The number of halogens is 1.